The van der Waals surface area contributed by atoms with Gasteiger partial charge in [0.15, 0.2) is 0 Å². The highest BCUT2D eigenvalue weighted by Gasteiger charge is 2.03. The number of hydrogen-bond acceptors (Lipinski definition) is 2. The smallest absolute Gasteiger partial charge is 0.0431 e. The van der Waals surface area contributed by atoms with Crippen molar-refractivity contribution in [2.24, 2.45) is 0 Å². The van der Waals surface area contributed by atoms with E-state index in [1.165, 1.54) is 16.8 Å². The first-order valence-electron chi connectivity index (χ1n) is 6.10. The second-order valence-electron chi connectivity index (χ2n) is 4.58. The standard InChI is InChI=1S/C14H23NO/c1-11(2)14-7-6-13(10-12(14)3)15-8-4-5-9-16/h6-7,10-11,15-16H,4-5,8-9H2,1-3H3. The molecule has 90 valence electrons. The van der Waals surface area contributed by atoms with Gasteiger partial charge in [-0.3, -0.25) is 0 Å². The van der Waals surface area contributed by atoms with E-state index in [2.05, 4.69) is 44.3 Å². The normalized spacial score (nSPS) is 10.8. The molecule has 1 aromatic carbocycles. The van der Waals surface area contributed by atoms with Gasteiger partial charge in [-0.1, -0.05) is 19.9 Å². The third-order valence-electron chi connectivity index (χ3n) is 2.81. The average Bonchev–Trinajstić information content (AvgIpc) is 2.24. The molecular weight excluding hydrogens is 198 g/mol. The zero-order valence-electron chi connectivity index (χ0n) is 10.6. The molecule has 0 spiro atoms. The van der Waals surface area contributed by atoms with Crippen LogP contribution >= 0.6 is 0 Å². The molecule has 0 saturated heterocycles. The second-order valence-corrected chi connectivity index (χ2v) is 4.58. The fraction of sp³-hybridized carbons (Fsp3) is 0.571. The van der Waals surface area contributed by atoms with Gasteiger partial charge in [-0.25, -0.2) is 0 Å². The lowest BCUT2D eigenvalue weighted by Gasteiger charge is -2.12. The lowest BCUT2D eigenvalue weighted by Crippen LogP contribution is -2.03. The largest absolute Gasteiger partial charge is 0.396 e. The van der Waals surface area contributed by atoms with Crippen LogP contribution in [0.25, 0.3) is 0 Å². The lowest BCUT2D eigenvalue weighted by molar-refractivity contribution is 0.286. The maximum Gasteiger partial charge on any atom is 0.0431 e. The number of hydrogen-bond donors (Lipinski definition) is 2. The number of aliphatic hydroxyl groups is 1. The van der Waals surface area contributed by atoms with E-state index >= 15 is 0 Å². The molecule has 0 saturated carbocycles. The summed E-state index contributed by atoms with van der Waals surface area (Å²) in [5, 5.41) is 12.1. The van der Waals surface area contributed by atoms with Gasteiger partial charge >= 0.3 is 0 Å². The van der Waals surface area contributed by atoms with E-state index in [1.54, 1.807) is 0 Å². The Morgan fingerprint density at radius 2 is 2.00 bits per heavy atom. The predicted octanol–water partition coefficient (Wildman–Crippen LogP) is 3.30. The van der Waals surface area contributed by atoms with E-state index in [-0.39, 0.29) is 6.61 Å². The van der Waals surface area contributed by atoms with Gasteiger partial charge in [0, 0.05) is 18.8 Å². The number of benzene rings is 1. The highest BCUT2D eigenvalue weighted by Crippen LogP contribution is 2.22. The Labute approximate surface area is 98.7 Å². The molecule has 0 amide bonds. The lowest BCUT2D eigenvalue weighted by atomic mass is 9.98. The molecule has 0 fully saturated rings. The topological polar surface area (TPSA) is 32.3 Å². The van der Waals surface area contributed by atoms with Crippen molar-refractivity contribution in [1.82, 2.24) is 0 Å². The third-order valence-corrected chi connectivity index (χ3v) is 2.81. The van der Waals surface area contributed by atoms with Crippen LogP contribution in [0.15, 0.2) is 18.2 Å². The van der Waals surface area contributed by atoms with Crippen LogP contribution in [0.1, 0.15) is 43.7 Å². The van der Waals surface area contributed by atoms with Gasteiger partial charge < -0.3 is 10.4 Å². The minimum atomic E-state index is 0.285. The van der Waals surface area contributed by atoms with Gasteiger partial charge in [-0.2, -0.15) is 0 Å². The highest BCUT2D eigenvalue weighted by molar-refractivity contribution is 5.49. The van der Waals surface area contributed by atoms with Gasteiger partial charge in [0.05, 0.1) is 0 Å². The zero-order valence-corrected chi connectivity index (χ0v) is 10.6. The van der Waals surface area contributed by atoms with Crippen molar-refractivity contribution in [1.29, 1.82) is 0 Å². The summed E-state index contributed by atoms with van der Waals surface area (Å²) in [4.78, 5) is 0. The molecule has 0 aromatic heterocycles. The molecule has 0 aliphatic rings. The first-order valence-corrected chi connectivity index (χ1v) is 6.10. The summed E-state index contributed by atoms with van der Waals surface area (Å²) in [7, 11) is 0. The number of aryl methyl sites for hydroxylation is 1. The third kappa shape index (κ3) is 3.86. The minimum Gasteiger partial charge on any atom is -0.396 e. The van der Waals surface area contributed by atoms with Crippen molar-refractivity contribution in [3.63, 3.8) is 0 Å². The Hall–Kier alpha value is -1.02. The molecule has 2 heteroatoms. The molecule has 0 heterocycles. The van der Waals surface area contributed by atoms with E-state index in [9.17, 15) is 0 Å². The monoisotopic (exact) mass is 221 g/mol. The quantitative estimate of drug-likeness (QED) is 0.722. The van der Waals surface area contributed by atoms with Crippen LogP contribution < -0.4 is 5.32 Å². The summed E-state index contributed by atoms with van der Waals surface area (Å²) in [6.45, 7) is 7.82. The first-order chi connectivity index (χ1) is 7.65. The van der Waals surface area contributed by atoms with Gasteiger partial charge in [-0.15, -0.1) is 0 Å². The number of unbranched alkanes of at least 4 members (excludes halogenated alkanes) is 1. The molecule has 0 atom stereocenters. The Balaban J connectivity index is 2.53. The summed E-state index contributed by atoms with van der Waals surface area (Å²) in [6, 6.07) is 6.55. The summed E-state index contributed by atoms with van der Waals surface area (Å²) in [5.74, 6) is 0.587. The van der Waals surface area contributed by atoms with E-state index in [4.69, 9.17) is 5.11 Å². The molecule has 2 N–H and O–H groups in total. The van der Waals surface area contributed by atoms with Crippen LogP contribution in [0.3, 0.4) is 0 Å². The minimum absolute atomic E-state index is 0.285. The second kappa shape index (κ2) is 6.54. The van der Waals surface area contributed by atoms with E-state index in [0.29, 0.717) is 5.92 Å². The van der Waals surface area contributed by atoms with Gasteiger partial charge in [0.2, 0.25) is 0 Å². The summed E-state index contributed by atoms with van der Waals surface area (Å²) in [5.41, 5.74) is 3.95. The summed E-state index contributed by atoms with van der Waals surface area (Å²) < 4.78 is 0. The molecule has 0 aliphatic carbocycles. The zero-order chi connectivity index (χ0) is 12.0. The molecule has 0 aliphatic heterocycles. The van der Waals surface area contributed by atoms with E-state index in [1.807, 2.05) is 0 Å². The number of aliphatic hydroxyl groups excluding tert-OH is 1. The molecular formula is C14H23NO. The number of rotatable bonds is 6. The summed E-state index contributed by atoms with van der Waals surface area (Å²) in [6.07, 6.45) is 1.89. The van der Waals surface area contributed by atoms with Gasteiger partial charge in [0.25, 0.3) is 0 Å². The van der Waals surface area contributed by atoms with Crippen molar-refractivity contribution < 1.29 is 5.11 Å². The predicted molar refractivity (Wildman–Crippen MR) is 70.1 cm³/mol. The molecule has 0 radical (unpaired) electrons. The average molecular weight is 221 g/mol. The maximum absolute atomic E-state index is 8.68. The molecule has 0 unspecified atom stereocenters. The Kier molecular flexibility index (Phi) is 5.33. The molecule has 0 bridgehead atoms. The number of anilines is 1. The molecule has 2 nitrogen and oxygen atoms in total. The van der Waals surface area contributed by atoms with Crippen LogP contribution in [0.2, 0.25) is 0 Å². The Morgan fingerprint density at radius 1 is 1.25 bits per heavy atom. The summed E-state index contributed by atoms with van der Waals surface area (Å²) >= 11 is 0. The Bertz CT molecular complexity index is 321. The molecule has 1 aromatic rings. The van der Waals surface area contributed by atoms with Crippen molar-refractivity contribution in [3.05, 3.63) is 29.3 Å². The SMILES string of the molecule is Cc1cc(NCCCCO)ccc1C(C)C. The van der Waals surface area contributed by atoms with Crippen molar-refractivity contribution in [2.75, 3.05) is 18.5 Å². The molecule has 16 heavy (non-hydrogen) atoms. The Morgan fingerprint density at radius 3 is 2.56 bits per heavy atom. The van der Waals surface area contributed by atoms with E-state index in [0.717, 1.165) is 19.4 Å². The fourth-order valence-corrected chi connectivity index (χ4v) is 1.90. The van der Waals surface area contributed by atoms with Crippen LogP contribution in [0, 0.1) is 6.92 Å². The van der Waals surface area contributed by atoms with Crippen LogP contribution in [0.4, 0.5) is 5.69 Å². The molecule has 1 rings (SSSR count). The van der Waals surface area contributed by atoms with E-state index < -0.39 is 0 Å². The van der Waals surface area contributed by atoms with Crippen molar-refractivity contribution >= 4 is 5.69 Å². The highest BCUT2D eigenvalue weighted by atomic mass is 16.2. The fourth-order valence-electron chi connectivity index (χ4n) is 1.90. The van der Waals surface area contributed by atoms with Gasteiger partial charge in [-0.05, 0) is 48.9 Å². The van der Waals surface area contributed by atoms with Crippen LogP contribution in [-0.2, 0) is 0 Å². The van der Waals surface area contributed by atoms with Gasteiger partial charge in [0.1, 0.15) is 0 Å². The van der Waals surface area contributed by atoms with Crippen molar-refractivity contribution in [2.45, 2.75) is 39.5 Å². The first kappa shape index (κ1) is 13.0. The van der Waals surface area contributed by atoms with Crippen LogP contribution in [-0.4, -0.2) is 18.3 Å². The van der Waals surface area contributed by atoms with Crippen LogP contribution in [0.5, 0.6) is 0 Å². The number of nitrogens with one attached hydrogen (secondary N) is 1. The van der Waals surface area contributed by atoms with Crippen molar-refractivity contribution in [3.8, 4) is 0 Å². The maximum atomic E-state index is 8.68.